The molecule has 0 amide bonds. The second-order valence-corrected chi connectivity index (χ2v) is 5.06. The lowest BCUT2D eigenvalue weighted by Crippen LogP contribution is -2.03. The maximum absolute atomic E-state index is 2.56. The summed E-state index contributed by atoms with van der Waals surface area (Å²) in [6.07, 6.45) is 14.3. The topological polar surface area (TPSA) is 0 Å². The minimum absolute atomic E-state index is 0.877. The molecule has 0 saturated heterocycles. The van der Waals surface area contributed by atoms with Crippen LogP contribution in [0.4, 0.5) is 0 Å². The molecule has 0 aromatic carbocycles. The summed E-state index contributed by atoms with van der Waals surface area (Å²) in [5, 5.41) is 0. The maximum atomic E-state index is 2.56. The van der Waals surface area contributed by atoms with Gasteiger partial charge in [-0.15, -0.1) is 0 Å². The van der Waals surface area contributed by atoms with Gasteiger partial charge in [-0.05, 0) is 50.4 Å². The van der Waals surface area contributed by atoms with Gasteiger partial charge in [-0.25, -0.2) is 0 Å². The molecule has 1 fully saturated rings. The van der Waals surface area contributed by atoms with Crippen LogP contribution in [-0.2, 0) is 0 Å². The van der Waals surface area contributed by atoms with Crippen LogP contribution in [0.25, 0.3) is 0 Å². The van der Waals surface area contributed by atoms with Crippen molar-refractivity contribution < 1.29 is 0 Å². The molecule has 0 spiro atoms. The van der Waals surface area contributed by atoms with Crippen molar-refractivity contribution in [2.45, 2.75) is 46.0 Å². The number of fused-ring (bicyclic) bond motifs is 2. The second kappa shape index (κ2) is 4.33. The van der Waals surface area contributed by atoms with Gasteiger partial charge in [0.25, 0.3) is 0 Å². The quantitative estimate of drug-likeness (QED) is 0.579. The van der Waals surface area contributed by atoms with Gasteiger partial charge in [-0.1, -0.05) is 37.1 Å². The lowest BCUT2D eigenvalue weighted by molar-refractivity contribution is 0.544. The Balaban J connectivity index is 1.88. The lowest BCUT2D eigenvalue weighted by atomic mass is 9.91. The van der Waals surface area contributed by atoms with Gasteiger partial charge < -0.3 is 0 Å². The molecule has 1 saturated carbocycles. The summed E-state index contributed by atoms with van der Waals surface area (Å²) >= 11 is 0. The summed E-state index contributed by atoms with van der Waals surface area (Å²) < 4.78 is 0. The van der Waals surface area contributed by atoms with Crippen LogP contribution in [0.5, 0.6) is 0 Å². The van der Waals surface area contributed by atoms with Gasteiger partial charge in [-0.3, -0.25) is 0 Å². The SMILES string of the molecule is CCCC/C(C)=C/C1CC2C=CC1C2. The average molecular weight is 190 g/mol. The molecule has 78 valence electrons. The Bertz CT molecular complexity index is 247. The van der Waals surface area contributed by atoms with Gasteiger partial charge in [0.15, 0.2) is 0 Å². The van der Waals surface area contributed by atoms with Gasteiger partial charge in [-0.2, -0.15) is 0 Å². The summed E-state index contributed by atoms with van der Waals surface area (Å²) in [6, 6.07) is 0. The Hall–Kier alpha value is -0.520. The number of unbranched alkanes of at least 4 members (excludes halogenated alkanes) is 1. The Morgan fingerprint density at radius 1 is 1.36 bits per heavy atom. The molecule has 0 heterocycles. The van der Waals surface area contributed by atoms with E-state index in [0.717, 1.165) is 17.8 Å². The number of rotatable bonds is 4. The summed E-state index contributed by atoms with van der Waals surface area (Å²) in [4.78, 5) is 0. The molecule has 3 unspecified atom stereocenters. The van der Waals surface area contributed by atoms with Crippen LogP contribution in [0.2, 0.25) is 0 Å². The van der Waals surface area contributed by atoms with E-state index < -0.39 is 0 Å². The predicted octanol–water partition coefficient (Wildman–Crippen LogP) is 4.34. The van der Waals surface area contributed by atoms with Crippen molar-refractivity contribution in [3.8, 4) is 0 Å². The summed E-state index contributed by atoms with van der Waals surface area (Å²) in [5.41, 5.74) is 1.62. The van der Waals surface area contributed by atoms with Gasteiger partial charge in [0.2, 0.25) is 0 Å². The standard InChI is InChI=1S/C14H22/c1-3-4-5-11(2)8-14-10-12-6-7-13(14)9-12/h6-8,12-14H,3-5,9-10H2,1-2H3/b11-8+. The Morgan fingerprint density at radius 2 is 2.21 bits per heavy atom. The van der Waals surface area contributed by atoms with Crippen LogP contribution in [0.15, 0.2) is 23.8 Å². The molecule has 0 nitrogen and oxygen atoms in total. The van der Waals surface area contributed by atoms with Crippen molar-refractivity contribution >= 4 is 0 Å². The highest BCUT2D eigenvalue weighted by molar-refractivity contribution is 5.16. The van der Waals surface area contributed by atoms with Crippen molar-refractivity contribution in [1.29, 1.82) is 0 Å². The molecular weight excluding hydrogens is 168 g/mol. The predicted molar refractivity (Wildman–Crippen MR) is 62.1 cm³/mol. The van der Waals surface area contributed by atoms with E-state index in [9.17, 15) is 0 Å². The van der Waals surface area contributed by atoms with Gasteiger partial charge in [0, 0.05) is 0 Å². The van der Waals surface area contributed by atoms with Crippen molar-refractivity contribution in [1.82, 2.24) is 0 Å². The molecule has 2 aliphatic carbocycles. The molecule has 14 heavy (non-hydrogen) atoms. The molecule has 0 radical (unpaired) electrons. The van der Waals surface area contributed by atoms with Crippen LogP contribution in [0.3, 0.4) is 0 Å². The van der Waals surface area contributed by atoms with E-state index in [4.69, 9.17) is 0 Å². The maximum Gasteiger partial charge on any atom is -0.0162 e. The summed E-state index contributed by atoms with van der Waals surface area (Å²) in [7, 11) is 0. The monoisotopic (exact) mass is 190 g/mol. The average Bonchev–Trinajstić information content (AvgIpc) is 2.76. The largest absolute Gasteiger partial charge is 0.0851 e. The molecule has 0 aliphatic heterocycles. The zero-order valence-corrected chi connectivity index (χ0v) is 9.50. The molecule has 3 atom stereocenters. The highest BCUT2D eigenvalue weighted by Gasteiger charge is 2.33. The van der Waals surface area contributed by atoms with Crippen molar-refractivity contribution in [2.24, 2.45) is 17.8 Å². The molecule has 0 N–H and O–H groups in total. The fraction of sp³-hybridized carbons (Fsp3) is 0.714. The minimum atomic E-state index is 0.877. The second-order valence-electron chi connectivity index (χ2n) is 5.06. The van der Waals surface area contributed by atoms with E-state index in [-0.39, 0.29) is 0 Å². The highest BCUT2D eigenvalue weighted by atomic mass is 14.4. The van der Waals surface area contributed by atoms with Crippen LogP contribution >= 0.6 is 0 Å². The highest BCUT2D eigenvalue weighted by Crippen LogP contribution is 2.44. The third-order valence-corrected chi connectivity index (χ3v) is 3.75. The Morgan fingerprint density at radius 3 is 2.79 bits per heavy atom. The van der Waals surface area contributed by atoms with E-state index in [0.29, 0.717) is 0 Å². The van der Waals surface area contributed by atoms with Crippen molar-refractivity contribution in [3.63, 3.8) is 0 Å². The zero-order chi connectivity index (χ0) is 9.97. The Labute approximate surface area is 88.1 Å². The zero-order valence-electron chi connectivity index (χ0n) is 9.50. The van der Waals surface area contributed by atoms with Crippen LogP contribution in [0.1, 0.15) is 46.0 Å². The molecule has 0 aromatic heterocycles. The van der Waals surface area contributed by atoms with Gasteiger partial charge >= 0.3 is 0 Å². The summed E-state index contributed by atoms with van der Waals surface area (Å²) in [5.74, 6) is 2.68. The van der Waals surface area contributed by atoms with Crippen LogP contribution in [0, 0.1) is 17.8 Å². The molecular formula is C14H22. The number of hydrogen-bond donors (Lipinski definition) is 0. The Kier molecular flexibility index (Phi) is 3.10. The molecule has 0 heteroatoms. The van der Waals surface area contributed by atoms with E-state index >= 15 is 0 Å². The first-order valence-electron chi connectivity index (χ1n) is 6.15. The van der Waals surface area contributed by atoms with E-state index in [1.54, 1.807) is 5.57 Å². The van der Waals surface area contributed by atoms with E-state index in [2.05, 4.69) is 32.1 Å². The van der Waals surface area contributed by atoms with Crippen LogP contribution in [-0.4, -0.2) is 0 Å². The molecule has 2 bridgehead atoms. The smallest absolute Gasteiger partial charge is 0.0162 e. The number of allylic oxidation sites excluding steroid dienone is 4. The first-order valence-corrected chi connectivity index (χ1v) is 6.15. The third kappa shape index (κ3) is 2.10. The van der Waals surface area contributed by atoms with Gasteiger partial charge in [0.1, 0.15) is 0 Å². The molecule has 2 aliphatic rings. The van der Waals surface area contributed by atoms with Crippen LogP contribution < -0.4 is 0 Å². The lowest BCUT2D eigenvalue weighted by Gasteiger charge is -2.14. The first kappa shape index (κ1) is 10.0. The third-order valence-electron chi connectivity index (χ3n) is 3.75. The fourth-order valence-corrected chi connectivity index (χ4v) is 2.92. The molecule has 2 rings (SSSR count). The van der Waals surface area contributed by atoms with E-state index in [1.807, 2.05) is 0 Å². The normalized spacial score (nSPS) is 35.6. The number of hydrogen-bond acceptors (Lipinski definition) is 0. The van der Waals surface area contributed by atoms with Crippen molar-refractivity contribution in [2.75, 3.05) is 0 Å². The van der Waals surface area contributed by atoms with Crippen molar-refractivity contribution in [3.05, 3.63) is 23.8 Å². The van der Waals surface area contributed by atoms with Gasteiger partial charge in [0.05, 0.1) is 0 Å². The fourth-order valence-electron chi connectivity index (χ4n) is 2.92. The van der Waals surface area contributed by atoms with E-state index in [1.165, 1.54) is 32.1 Å². The molecule has 0 aromatic rings. The minimum Gasteiger partial charge on any atom is -0.0851 e. The first-order chi connectivity index (χ1) is 6.79. The summed E-state index contributed by atoms with van der Waals surface area (Å²) in [6.45, 7) is 4.58.